The molecule has 4 nitrogen and oxygen atoms in total. The second-order valence-electron chi connectivity index (χ2n) is 6.06. The maximum Gasteiger partial charge on any atom is 0.261 e. The summed E-state index contributed by atoms with van der Waals surface area (Å²) >= 11 is 6.06. The van der Waals surface area contributed by atoms with Crippen LogP contribution in [0.25, 0.3) is 10.9 Å². The minimum atomic E-state index is 0.0237. The molecule has 2 rings (SSSR count). The molecule has 120 valence electrons. The molecule has 1 aromatic heterocycles. The van der Waals surface area contributed by atoms with E-state index in [-0.39, 0.29) is 11.6 Å². The van der Waals surface area contributed by atoms with E-state index in [1.54, 1.807) is 22.8 Å². The molecule has 0 amide bonds. The molecule has 5 heteroatoms. The van der Waals surface area contributed by atoms with E-state index in [0.717, 1.165) is 18.8 Å². The van der Waals surface area contributed by atoms with Gasteiger partial charge in [-0.05, 0) is 25.1 Å². The quantitative estimate of drug-likeness (QED) is 0.889. The zero-order valence-corrected chi connectivity index (χ0v) is 14.5. The van der Waals surface area contributed by atoms with Crippen molar-refractivity contribution in [1.82, 2.24) is 9.55 Å². The van der Waals surface area contributed by atoms with Crippen molar-refractivity contribution >= 4 is 22.5 Å². The highest BCUT2D eigenvalue weighted by Gasteiger charge is 2.21. The van der Waals surface area contributed by atoms with E-state index in [1.165, 1.54) is 0 Å². The monoisotopic (exact) mass is 322 g/mol. The molecule has 0 spiro atoms. The third kappa shape index (κ3) is 3.50. The van der Waals surface area contributed by atoms with Gasteiger partial charge in [0.05, 0.1) is 17.4 Å². The average molecular weight is 323 g/mol. The van der Waals surface area contributed by atoms with E-state index >= 15 is 0 Å². The molecule has 22 heavy (non-hydrogen) atoms. The molecule has 1 heterocycles. The highest BCUT2D eigenvalue weighted by atomic mass is 35.5. The van der Waals surface area contributed by atoms with Crippen LogP contribution in [0.2, 0.25) is 5.02 Å². The highest BCUT2D eigenvalue weighted by molar-refractivity contribution is 6.31. The average Bonchev–Trinajstić information content (AvgIpc) is 2.47. The number of hydrogen-bond acceptors (Lipinski definition) is 2. The number of quaternary nitrogens is 1. The Hall–Kier alpha value is -1.39. The smallest absolute Gasteiger partial charge is 0.261 e. The van der Waals surface area contributed by atoms with Gasteiger partial charge in [-0.15, -0.1) is 0 Å². The predicted octanol–water partition coefficient (Wildman–Crippen LogP) is 2.74. The van der Waals surface area contributed by atoms with Crippen molar-refractivity contribution in [3.63, 3.8) is 0 Å². The molecule has 0 unspecified atom stereocenters. The molecular formula is C17H25ClN3O+. The van der Waals surface area contributed by atoms with Crippen molar-refractivity contribution < 1.29 is 5.32 Å². The van der Waals surface area contributed by atoms with Crippen molar-refractivity contribution in [1.29, 1.82) is 0 Å². The number of halogens is 1. The standard InChI is InChI=1S/C17H24ClN3O/c1-5-14(19-10-11(3)4)16-20-15-9-12(18)7-8-13(15)17(22)21(16)6-2/h7-9,11,14,19H,5-6,10H2,1-4H3/p+1/t14-/m0/s1. The van der Waals surface area contributed by atoms with E-state index < -0.39 is 0 Å². The Labute approximate surface area is 136 Å². The van der Waals surface area contributed by atoms with Crippen LogP contribution < -0.4 is 10.9 Å². The fraction of sp³-hybridized carbons (Fsp3) is 0.529. The Kier molecular flexibility index (Phi) is 5.59. The zero-order chi connectivity index (χ0) is 16.3. The highest BCUT2D eigenvalue weighted by Crippen LogP contribution is 2.18. The molecule has 1 atom stereocenters. The molecule has 0 fully saturated rings. The summed E-state index contributed by atoms with van der Waals surface area (Å²) in [5.41, 5.74) is 0.712. The fourth-order valence-electron chi connectivity index (χ4n) is 2.69. The van der Waals surface area contributed by atoms with Gasteiger partial charge in [0.15, 0.2) is 5.82 Å². The van der Waals surface area contributed by atoms with Crippen LogP contribution >= 0.6 is 11.6 Å². The van der Waals surface area contributed by atoms with Crippen LogP contribution in [0.1, 0.15) is 46.0 Å². The minimum Gasteiger partial charge on any atom is -0.337 e. The molecular weight excluding hydrogens is 298 g/mol. The third-order valence-electron chi connectivity index (χ3n) is 3.93. The van der Waals surface area contributed by atoms with Gasteiger partial charge in [-0.3, -0.25) is 9.36 Å². The molecule has 0 bridgehead atoms. The van der Waals surface area contributed by atoms with Gasteiger partial charge in [-0.1, -0.05) is 32.4 Å². The number of fused-ring (bicyclic) bond motifs is 1. The van der Waals surface area contributed by atoms with E-state index in [2.05, 4.69) is 26.1 Å². The molecule has 0 aliphatic carbocycles. The largest absolute Gasteiger partial charge is 0.337 e. The van der Waals surface area contributed by atoms with Gasteiger partial charge in [-0.2, -0.15) is 0 Å². The van der Waals surface area contributed by atoms with Crippen LogP contribution in [0.4, 0.5) is 0 Å². The van der Waals surface area contributed by atoms with Crippen LogP contribution in [0.5, 0.6) is 0 Å². The van der Waals surface area contributed by atoms with Crippen molar-refractivity contribution in [2.45, 2.75) is 46.7 Å². The van der Waals surface area contributed by atoms with Gasteiger partial charge in [0.2, 0.25) is 0 Å². The van der Waals surface area contributed by atoms with Crippen molar-refractivity contribution in [2.75, 3.05) is 6.54 Å². The van der Waals surface area contributed by atoms with E-state index in [9.17, 15) is 4.79 Å². The van der Waals surface area contributed by atoms with Gasteiger partial charge in [0, 0.05) is 23.9 Å². The van der Waals surface area contributed by atoms with E-state index in [0.29, 0.717) is 28.4 Å². The summed E-state index contributed by atoms with van der Waals surface area (Å²) in [4.78, 5) is 17.5. The van der Waals surface area contributed by atoms with Crippen molar-refractivity contribution in [3.8, 4) is 0 Å². The first-order chi connectivity index (χ1) is 10.5. The SMILES string of the molecule is CC[C@H]([NH2+]CC(C)C)c1nc2cc(Cl)ccc2c(=O)n1CC. The van der Waals surface area contributed by atoms with Crippen molar-refractivity contribution in [2.24, 2.45) is 5.92 Å². The lowest BCUT2D eigenvalue weighted by atomic mass is 10.1. The molecule has 0 aliphatic heterocycles. The summed E-state index contributed by atoms with van der Waals surface area (Å²) in [5.74, 6) is 1.45. The molecule has 0 saturated carbocycles. The van der Waals surface area contributed by atoms with Crippen LogP contribution in [0.3, 0.4) is 0 Å². The lowest BCUT2D eigenvalue weighted by molar-refractivity contribution is -0.702. The van der Waals surface area contributed by atoms with Crippen LogP contribution in [0.15, 0.2) is 23.0 Å². The number of nitrogens with two attached hydrogens (primary N) is 1. The number of rotatable bonds is 6. The lowest BCUT2D eigenvalue weighted by Gasteiger charge is -2.19. The number of aromatic nitrogens is 2. The Morgan fingerprint density at radius 2 is 2.05 bits per heavy atom. The van der Waals surface area contributed by atoms with Gasteiger partial charge in [-0.25, -0.2) is 4.98 Å². The molecule has 2 N–H and O–H groups in total. The first kappa shape index (κ1) is 17.0. The topological polar surface area (TPSA) is 51.5 Å². The Bertz CT molecular complexity index is 709. The maximum absolute atomic E-state index is 12.7. The summed E-state index contributed by atoms with van der Waals surface area (Å²) in [5, 5.41) is 3.53. The predicted molar refractivity (Wildman–Crippen MR) is 91.3 cm³/mol. The minimum absolute atomic E-state index is 0.0237. The Morgan fingerprint density at radius 1 is 1.32 bits per heavy atom. The molecule has 2 aromatic rings. The molecule has 1 aromatic carbocycles. The second-order valence-corrected chi connectivity index (χ2v) is 6.50. The number of benzene rings is 1. The summed E-state index contributed by atoms with van der Waals surface area (Å²) in [6.07, 6.45) is 0.936. The van der Waals surface area contributed by atoms with Crippen LogP contribution in [0, 0.1) is 5.92 Å². The van der Waals surface area contributed by atoms with Crippen LogP contribution in [-0.4, -0.2) is 16.1 Å². The zero-order valence-electron chi connectivity index (χ0n) is 13.8. The Balaban J connectivity index is 2.57. The lowest BCUT2D eigenvalue weighted by Crippen LogP contribution is -2.86. The van der Waals surface area contributed by atoms with Gasteiger partial charge < -0.3 is 5.32 Å². The first-order valence-corrected chi connectivity index (χ1v) is 8.39. The number of hydrogen-bond donors (Lipinski definition) is 1. The summed E-state index contributed by atoms with van der Waals surface area (Å²) < 4.78 is 1.79. The normalized spacial score (nSPS) is 13.0. The second kappa shape index (κ2) is 7.25. The van der Waals surface area contributed by atoms with E-state index in [4.69, 9.17) is 16.6 Å². The maximum atomic E-state index is 12.7. The van der Waals surface area contributed by atoms with Gasteiger partial charge >= 0.3 is 0 Å². The van der Waals surface area contributed by atoms with Gasteiger partial charge in [0.25, 0.3) is 5.56 Å². The molecule has 0 radical (unpaired) electrons. The first-order valence-electron chi connectivity index (χ1n) is 8.01. The molecule has 0 aliphatic rings. The summed E-state index contributed by atoms with van der Waals surface area (Å²) in [7, 11) is 0. The molecule has 0 saturated heterocycles. The summed E-state index contributed by atoms with van der Waals surface area (Å²) in [6, 6.07) is 5.48. The van der Waals surface area contributed by atoms with E-state index in [1.807, 2.05) is 6.92 Å². The summed E-state index contributed by atoms with van der Waals surface area (Å²) in [6.45, 7) is 10.2. The number of nitrogens with zero attached hydrogens (tertiary/aromatic N) is 2. The Morgan fingerprint density at radius 3 is 2.64 bits per heavy atom. The van der Waals surface area contributed by atoms with Crippen LogP contribution in [-0.2, 0) is 6.54 Å². The third-order valence-corrected chi connectivity index (χ3v) is 4.16. The fourth-order valence-corrected chi connectivity index (χ4v) is 2.86. The van der Waals surface area contributed by atoms with Gasteiger partial charge in [0.1, 0.15) is 6.04 Å². The van der Waals surface area contributed by atoms with Crippen molar-refractivity contribution in [3.05, 3.63) is 39.4 Å².